The second-order valence-corrected chi connectivity index (χ2v) is 7.80. The minimum atomic E-state index is 0.399. The third kappa shape index (κ3) is 3.40. The normalized spacial score (nSPS) is 20.5. The average Bonchev–Trinajstić information content (AvgIpc) is 3.31. The Morgan fingerprint density at radius 2 is 2.12 bits per heavy atom. The molecule has 1 N–H and O–H groups in total. The highest BCUT2D eigenvalue weighted by Gasteiger charge is 2.28. The molecule has 0 spiro atoms. The Morgan fingerprint density at radius 3 is 2.88 bits per heavy atom. The van der Waals surface area contributed by atoms with Crippen LogP contribution < -0.4 is 5.32 Å². The Balaban J connectivity index is 1.48. The molecule has 5 nitrogen and oxygen atoms in total. The molecule has 0 saturated heterocycles. The van der Waals surface area contributed by atoms with Crippen LogP contribution in [-0.4, -0.2) is 20.7 Å². The van der Waals surface area contributed by atoms with Crippen LogP contribution in [0.2, 0.25) is 0 Å². The molecule has 1 aliphatic rings. The standard InChI is InChI=1S/C21H28N4O/c1-14(2)25-20-10-5-4-8-19(20)23-21(25)13-22-18-9-6-7-16(18)12-17-11-15(3)24-26-17/h4-5,8,10-11,14,16,18,22H,6-7,9,12-13H2,1-3H3/t16-,18+/m0/s1. The summed E-state index contributed by atoms with van der Waals surface area (Å²) in [5.41, 5.74) is 3.27. The number of hydrogen-bond acceptors (Lipinski definition) is 4. The van der Waals surface area contributed by atoms with E-state index in [-0.39, 0.29) is 0 Å². The van der Waals surface area contributed by atoms with Gasteiger partial charge in [0.2, 0.25) is 0 Å². The summed E-state index contributed by atoms with van der Waals surface area (Å²) >= 11 is 0. The first-order valence-electron chi connectivity index (χ1n) is 9.73. The molecule has 1 aliphatic carbocycles. The van der Waals surface area contributed by atoms with Crippen LogP contribution in [0, 0.1) is 12.8 Å². The third-order valence-corrected chi connectivity index (χ3v) is 5.51. The van der Waals surface area contributed by atoms with Crippen molar-refractivity contribution in [2.45, 2.75) is 65.1 Å². The molecule has 138 valence electrons. The Labute approximate surface area is 154 Å². The molecule has 26 heavy (non-hydrogen) atoms. The fourth-order valence-corrected chi connectivity index (χ4v) is 4.34. The van der Waals surface area contributed by atoms with E-state index < -0.39 is 0 Å². The van der Waals surface area contributed by atoms with Crippen molar-refractivity contribution >= 4 is 11.0 Å². The summed E-state index contributed by atoms with van der Waals surface area (Å²) in [6, 6.07) is 11.4. The zero-order chi connectivity index (χ0) is 18.1. The highest BCUT2D eigenvalue weighted by Crippen LogP contribution is 2.30. The molecule has 0 aliphatic heterocycles. The fourth-order valence-electron chi connectivity index (χ4n) is 4.34. The summed E-state index contributed by atoms with van der Waals surface area (Å²) < 4.78 is 7.79. The zero-order valence-corrected chi connectivity index (χ0v) is 15.9. The zero-order valence-electron chi connectivity index (χ0n) is 15.9. The second-order valence-electron chi connectivity index (χ2n) is 7.80. The summed E-state index contributed by atoms with van der Waals surface area (Å²) in [7, 11) is 0. The van der Waals surface area contributed by atoms with Crippen LogP contribution >= 0.6 is 0 Å². The summed E-state index contributed by atoms with van der Waals surface area (Å²) in [5.74, 6) is 2.75. The molecular formula is C21H28N4O. The highest BCUT2D eigenvalue weighted by molar-refractivity contribution is 5.76. The number of nitrogens with zero attached hydrogens (tertiary/aromatic N) is 3. The number of hydrogen-bond donors (Lipinski definition) is 1. The van der Waals surface area contributed by atoms with Gasteiger partial charge in [-0.1, -0.05) is 23.7 Å². The van der Waals surface area contributed by atoms with Crippen LogP contribution in [0.25, 0.3) is 11.0 Å². The Bertz CT molecular complexity index is 879. The van der Waals surface area contributed by atoms with Crippen LogP contribution in [-0.2, 0) is 13.0 Å². The Morgan fingerprint density at radius 1 is 1.27 bits per heavy atom. The Kier molecular flexibility index (Phi) is 4.81. The predicted octanol–water partition coefficient (Wildman–Crippen LogP) is 4.41. The Hall–Kier alpha value is -2.14. The lowest BCUT2D eigenvalue weighted by Gasteiger charge is -2.21. The van der Waals surface area contributed by atoms with E-state index in [9.17, 15) is 0 Å². The molecular weight excluding hydrogens is 324 g/mol. The molecule has 0 radical (unpaired) electrons. The van der Waals surface area contributed by atoms with Crippen LogP contribution in [0.3, 0.4) is 0 Å². The van der Waals surface area contributed by atoms with Gasteiger partial charge in [-0.3, -0.25) is 0 Å². The molecule has 2 atom stereocenters. The first-order chi connectivity index (χ1) is 12.6. The number of aromatic nitrogens is 3. The molecule has 1 fully saturated rings. The summed E-state index contributed by atoms with van der Waals surface area (Å²) in [6.45, 7) is 7.24. The summed E-state index contributed by atoms with van der Waals surface area (Å²) in [5, 5.41) is 7.81. The van der Waals surface area contributed by atoms with Gasteiger partial charge in [-0.25, -0.2) is 4.98 Å². The molecule has 0 bridgehead atoms. The quantitative estimate of drug-likeness (QED) is 0.714. The number of aryl methyl sites for hydroxylation is 1. The van der Waals surface area contributed by atoms with Gasteiger partial charge < -0.3 is 14.4 Å². The van der Waals surface area contributed by atoms with Crippen molar-refractivity contribution in [3.63, 3.8) is 0 Å². The minimum Gasteiger partial charge on any atom is -0.361 e. The van der Waals surface area contributed by atoms with Crippen molar-refractivity contribution < 1.29 is 4.52 Å². The molecule has 2 heterocycles. The highest BCUT2D eigenvalue weighted by atomic mass is 16.5. The number of imidazole rings is 1. The third-order valence-electron chi connectivity index (χ3n) is 5.51. The van der Waals surface area contributed by atoms with Crippen molar-refractivity contribution in [3.8, 4) is 0 Å². The molecule has 3 aromatic rings. The van der Waals surface area contributed by atoms with Crippen molar-refractivity contribution in [2.75, 3.05) is 0 Å². The fraction of sp³-hybridized carbons (Fsp3) is 0.524. The molecule has 0 amide bonds. The minimum absolute atomic E-state index is 0.399. The van der Waals surface area contributed by atoms with E-state index in [2.05, 4.69) is 59.2 Å². The number of fused-ring (bicyclic) bond motifs is 1. The molecule has 0 unspecified atom stereocenters. The first-order valence-corrected chi connectivity index (χ1v) is 9.73. The number of rotatable bonds is 6. The second kappa shape index (κ2) is 7.23. The van der Waals surface area contributed by atoms with Crippen LogP contribution in [0.5, 0.6) is 0 Å². The van der Waals surface area contributed by atoms with Crippen LogP contribution in [0.4, 0.5) is 0 Å². The van der Waals surface area contributed by atoms with Crippen molar-refractivity contribution in [2.24, 2.45) is 5.92 Å². The summed E-state index contributed by atoms with van der Waals surface area (Å²) in [6.07, 6.45) is 4.72. The van der Waals surface area contributed by atoms with Gasteiger partial charge in [-0.15, -0.1) is 0 Å². The van der Waals surface area contributed by atoms with E-state index in [1.807, 2.05) is 6.92 Å². The summed E-state index contributed by atoms with van der Waals surface area (Å²) in [4.78, 5) is 4.88. The molecule has 2 aromatic heterocycles. The number of para-hydroxylation sites is 2. The maximum absolute atomic E-state index is 5.43. The first kappa shape index (κ1) is 17.3. The van der Waals surface area contributed by atoms with E-state index in [1.54, 1.807) is 0 Å². The van der Waals surface area contributed by atoms with Gasteiger partial charge in [-0.05, 0) is 51.7 Å². The smallest absolute Gasteiger partial charge is 0.137 e. The lowest BCUT2D eigenvalue weighted by molar-refractivity contribution is 0.327. The van der Waals surface area contributed by atoms with E-state index in [0.29, 0.717) is 18.0 Å². The molecule has 4 rings (SSSR count). The molecule has 1 saturated carbocycles. The van der Waals surface area contributed by atoms with Gasteiger partial charge in [0.05, 0.1) is 23.3 Å². The van der Waals surface area contributed by atoms with Crippen molar-refractivity contribution in [1.29, 1.82) is 0 Å². The lowest BCUT2D eigenvalue weighted by Crippen LogP contribution is -2.33. The maximum atomic E-state index is 5.43. The SMILES string of the molecule is Cc1cc(C[C@@H]2CCC[C@H]2NCc2nc3ccccc3n2C(C)C)on1. The predicted molar refractivity (Wildman–Crippen MR) is 103 cm³/mol. The van der Waals surface area contributed by atoms with Gasteiger partial charge in [-0.2, -0.15) is 0 Å². The number of nitrogens with one attached hydrogen (secondary N) is 1. The van der Waals surface area contributed by atoms with Crippen molar-refractivity contribution in [1.82, 2.24) is 20.0 Å². The van der Waals surface area contributed by atoms with Gasteiger partial charge in [0.25, 0.3) is 0 Å². The van der Waals surface area contributed by atoms with Crippen molar-refractivity contribution in [3.05, 3.63) is 47.6 Å². The monoisotopic (exact) mass is 352 g/mol. The lowest BCUT2D eigenvalue weighted by atomic mass is 9.98. The van der Waals surface area contributed by atoms with Crippen LogP contribution in [0.15, 0.2) is 34.9 Å². The van der Waals surface area contributed by atoms with Gasteiger partial charge in [0, 0.05) is 24.6 Å². The van der Waals surface area contributed by atoms with Gasteiger partial charge in [0.15, 0.2) is 0 Å². The van der Waals surface area contributed by atoms with Crippen LogP contribution in [0.1, 0.15) is 56.4 Å². The van der Waals surface area contributed by atoms with Gasteiger partial charge >= 0.3 is 0 Å². The van der Waals surface area contributed by atoms with Gasteiger partial charge in [0.1, 0.15) is 11.6 Å². The van der Waals surface area contributed by atoms with E-state index in [0.717, 1.165) is 35.8 Å². The van der Waals surface area contributed by atoms with E-state index in [1.165, 1.54) is 24.8 Å². The largest absolute Gasteiger partial charge is 0.361 e. The van der Waals surface area contributed by atoms with E-state index >= 15 is 0 Å². The average molecular weight is 352 g/mol. The topological polar surface area (TPSA) is 55.9 Å². The number of benzene rings is 1. The van der Waals surface area contributed by atoms with E-state index in [4.69, 9.17) is 9.51 Å². The molecule has 5 heteroatoms. The maximum Gasteiger partial charge on any atom is 0.137 e. The molecule has 1 aromatic carbocycles.